The van der Waals surface area contributed by atoms with Gasteiger partial charge in [-0.25, -0.2) is 4.39 Å². The number of rotatable bonds is 6. The van der Waals surface area contributed by atoms with Gasteiger partial charge in [0.25, 0.3) is 0 Å². The molecule has 2 nitrogen and oxygen atoms in total. The molecule has 0 amide bonds. The van der Waals surface area contributed by atoms with Crippen LogP contribution in [-0.4, -0.2) is 0 Å². The molecule has 0 saturated heterocycles. The summed E-state index contributed by atoms with van der Waals surface area (Å²) in [7, 11) is 0. The van der Waals surface area contributed by atoms with Crippen LogP contribution in [-0.2, 0) is 13.2 Å². The third-order valence-corrected chi connectivity index (χ3v) is 4.13. The Morgan fingerprint density at radius 3 is 2.48 bits per heavy atom. The lowest BCUT2D eigenvalue weighted by Gasteiger charge is -2.10. The molecule has 25 heavy (non-hydrogen) atoms. The lowest BCUT2D eigenvalue weighted by Crippen LogP contribution is -2.01. The normalized spacial score (nSPS) is 10.5. The summed E-state index contributed by atoms with van der Waals surface area (Å²) in [5.74, 6) is 0.347. The van der Waals surface area contributed by atoms with Crippen molar-refractivity contribution in [1.82, 2.24) is 0 Å². The van der Waals surface area contributed by atoms with Crippen LogP contribution >= 0.6 is 23.2 Å². The molecule has 0 saturated carbocycles. The highest BCUT2D eigenvalue weighted by molar-refractivity contribution is 6.31. The van der Waals surface area contributed by atoms with E-state index in [9.17, 15) is 4.39 Å². The first-order valence-corrected chi connectivity index (χ1v) is 8.51. The van der Waals surface area contributed by atoms with Gasteiger partial charge >= 0.3 is 0 Å². The van der Waals surface area contributed by atoms with Crippen molar-refractivity contribution in [1.29, 1.82) is 0 Å². The van der Waals surface area contributed by atoms with Gasteiger partial charge in [0, 0.05) is 17.3 Å². The number of nitrogens with one attached hydrogen (secondary N) is 1. The van der Waals surface area contributed by atoms with E-state index < -0.39 is 5.82 Å². The second kappa shape index (κ2) is 8.24. The van der Waals surface area contributed by atoms with E-state index in [0.717, 1.165) is 22.6 Å². The van der Waals surface area contributed by atoms with Crippen LogP contribution in [0.4, 0.5) is 10.1 Å². The molecule has 0 atom stereocenters. The zero-order valence-electron chi connectivity index (χ0n) is 13.3. The van der Waals surface area contributed by atoms with Gasteiger partial charge in [-0.2, -0.15) is 0 Å². The molecule has 0 spiro atoms. The van der Waals surface area contributed by atoms with Crippen molar-refractivity contribution in [3.63, 3.8) is 0 Å². The predicted molar refractivity (Wildman–Crippen MR) is 101 cm³/mol. The molecule has 0 aliphatic heterocycles. The molecule has 0 aliphatic carbocycles. The van der Waals surface area contributed by atoms with Gasteiger partial charge in [0.1, 0.15) is 18.2 Å². The summed E-state index contributed by atoms with van der Waals surface area (Å²) >= 11 is 11.8. The minimum atomic E-state index is -0.427. The first-order chi connectivity index (χ1) is 12.1. The van der Waals surface area contributed by atoms with Gasteiger partial charge in [-0.3, -0.25) is 0 Å². The Hall–Kier alpha value is -2.23. The van der Waals surface area contributed by atoms with Gasteiger partial charge in [-0.1, -0.05) is 47.5 Å². The SMILES string of the molecule is Fc1ccc(NCc2cccc(OCc3cccc(Cl)c3)c2)cc1Cl. The third-order valence-electron chi connectivity index (χ3n) is 3.61. The molecule has 0 aromatic heterocycles. The molecule has 3 aromatic rings. The number of hydrogen-bond donors (Lipinski definition) is 1. The lowest BCUT2D eigenvalue weighted by atomic mass is 10.2. The average Bonchev–Trinajstić information content (AvgIpc) is 2.61. The fourth-order valence-electron chi connectivity index (χ4n) is 2.35. The third kappa shape index (κ3) is 5.12. The Morgan fingerprint density at radius 2 is 1.68 bits per heavy atom. The molecule has 3 aromatic carbocycles. The summed E-state index contributed by atoms with van der Waals surface area (Å²) in [6.07, 6.45) is 0. The predicted octanol–water partition coefficient (Wildman–Crippen LogP) is 6.32. The van der Waals surface area contributed by atoms with E-state index in [2.05, 4.69) is 5.32 Å². The van der Waals surface area contributed by atoms with Crippen molar-refractivity contribution < 1.29 is 9.13 Å². The van der Waals surface area contributed by atoms with Crippen LogP contribution in [0.3, 0.4) is 0 Å². The summed E-state index contributed by atoms with van der Waals surface area (Å²) < 4.78 is 19.0. The van der Waals surface area contributed by atoms with Crippen LogP contribution in [0.15, 0.2) is 66.7 Å². The molecule has 128 valence electrons. The van der Waals surface area contributed by atoms with Gasteiger partial charge in [0.15, 0.2) is 0 Å². The number of benzene rings is 3. The lowest BCUT2D eigenvalue weighted by molar-refractivity contribution is 0.306. The molecule has 0 bridgehead atoms. The molecule has 0 fully saturated rings. The summed E-state index contributed by atoms with van der Waals surface area (Å²) in [5.41, 5.74) is 2.82. The topological polar surface area (TPSA) is 21.3 Å². The zero-order valence-corrected chi connectivity index (χ0v) is 14.8. The minimum absolute atomic E-state index is 0.101. The van der Waals surface area contributed by atoms with Gasteiger partial charge in [-0.05, 0) is 53.6 Å². The van der Waals surface area contributed by atoms with E-state index in [1.54, 1.807) is 12.1 Å². The summed E-state index contributed by atoms with van der Waals surface area (Å²) in [6, 6.07) is 19.9. The van der Waals surface area contributed by atoms with E-state index >= 15 is 0 Å². The van der Waals surface area contributed by atoms with E-state index in [1.165, 1.54) is 6.07 Å². The van der Waals surface area contributed by atoms with Crippen LogP contribution in [0.25, 0.3) is 0 Å². The van der Waals surface area contributed by atoms with Crippen molar-refractivity contribution >= 4 is 28.9 Å². The molecular weight excluding hydrogens is 360 g/mol. The zero-order chi connectivity index (χ0) is 17.6. The quantitative estimate of drug-likeness (QED) is 0.543. The Balaban J connectivity index is 1.60. The summed E-state index contributed by atoms with van der Waals surface area (Å²) in [4.78, 5) is 0. The Labute approximate surface area is 156 Å². The van der Waals surface area contributed by atoms with Crippen molar-refractivity contribution in [2.24, 2.45) is 0 Å². The van der Waals surface area contributed by atoms with Gasteiger partial charge in [0.2, 0.25) is 0 Å². The maximum atomic E-state index is 13.2. The molecule has 1 N–H and O–H groups in total. The fourth-order valence-corrected chi connectivity index (χ4v) is 2.74. The van der Waals surface area contributed by atoms with Gasteiger partial charge in [-0.15, -0.1) is 0 Å². The fraction of sp³-hybridized carbons (Fsp3) is 0.100. The second-order valence-corrected chi connectivity index (χ2v) is 6.39. The Bertz CT molecular complexity index is 870. The first-order valence-electron chi connectivity index (χ1n) is 7.75. The van der Waals surface area contributed by atoms with Gasteiger partial charge < -0.3 is 10.1 Å². The second-order valence-electron chi connectivity index (χ2n) is 5.55. The van der Waals surface area contributed by atoms with Crippen molar-refractivity contribution in [3.05, 3.63) is 93.7 Å². The van der Waals surface area contributed by atoms with Crippen LogP contribution < -0.4 is 10.1 Å². The monoisotopic (exact) mass is 375 g/mol. The molecule has 0 heterocycles. The summed E-state index contributed by atoms with van der Waals surface area (Å²) in [6.45, 7) is 1.03. The Morgan fingerprint density at radius 1 is 0.880 bits per heavy atom. The summed E-state index contributed by atoms with van der Waals surface area (Å²) in [5, 5.41) is 4.01. The highest BCUT2D eigenvalue weighted by Crippen LogP contribution is 2.21. The first kappa shape index (κ1) is 17.6. The molecule has 0 aliphatic rings. The molecule has 0 radical (unpaired) electrons. The highest BCUT2D eigenvalue weighted by atomic mass is 35.5. The van der Waals surface area contributed by atoms with Crippen LogP contribution in [0.5, 0.6) is 5.75 Å². The van der Waals surface area contributed by atoms with Crippen LogP contribution in [0.1, 0.15) is 11.1 Å². The smallest absolute Gasteiger partial charge is 0.141 e. The maximum Gasteiger partial charge on any atom is 0.141 e. The van der Waals surface area contributed by atoms with Crippen LogP contribution in [0.2, 0.25) is 10.0 Å². The van der Waals surface area contributed by atoms with E-state index in [-0.39, 0.29) is 5.02 Å². The number of anilines is 1. The standard InChI is InChI=1S/C20H16Cl2FNO/c21-16-5-1-4-15(9-16)13-25-18-6-2-3-14(10-18)12-24-17-7-8-20(23)19(22)11-17/h1-11,24H,12-13H2. The maximum absolute atomic E-state index is 13.2. The number of ether oxygens (including phenoxy) is 1. The van der Waals surface area contributed by atoms with Crippen molar-refractivity contribution in [3.8, 4) is 5.75 Å². The molecule has 5 heteroatoms. The van der Waals surface area contributed by atoms with E-state index in [4.69, 9.17) is 27.9 Å². The average molecular weight is 376 g/mol. The largest absolute Gasteiger partial charge is 0.489 e. The minimum Gasteiger partial charge on any atom is -0.489 e. The van der Waals surface area contributed by atoms with Crippen molar-refractivity contribution in [2.45, 2.75) is 13.2 Å². The molecule has 0 unspecified atom stereocenters. The molecular formula is C20H16Cl2FNO. The van der Waals surface area contributed by atoms with Gasteiger partial charge in [0.05, 0.1) is 5.02 Å². The molecule has 3 rings (SSSR count). The Kier molecular flexibility index (Phi) is 5.79. The van der Waals surface area contributed by atoms with E-state index in [1.807, 2.05) is 48.5 Å². The number of halogens is 3. The van der Waals surface area contributed by atoms with Crippen molar-refractivity contribution in [2.75, 3.05) is 5.32 Å². The highest BCUT2D eigenvalue weighted by Gasteiger charge is 2.02. The van der Waals surface area contributed by atoms with Crippen LogP contribution in [0, 0.1) is 5.82 Å². The van der Waals surface area contributed by atoms with E-state index in [0.29, 0.717) is 18.2 Å². The number of hydrogen-bond acceptors (Lipinski definition) is 2.